The molecule has 6 heteroatoms. The lowest BCUT2D eigenvalue weighted by atomic mass is 9.95. The van der Waals surface area contributed by atoms with Crippen molar-refractivity contribution in [1.29, 1.82) is 0 Å². The van der Waals surface area contributed by atoms with E-state index < -0.39 is 6.04 Å². The van der Waals surface area contributed by atoms with Crippen molar-refractivity contribution in [2.75, 3.05) is 0 Å². The van der Waals surface area contributed by atoms with Crippen molar-refractivity contribution in [3.8, 4) is 0 Å². The molecule has 1 saturated carbocycles. The molecule has 2 aliphatic rings. The van der Waals surface area contributed by atoms with Gasteiger partial charge in [0.2, 0.25) is 0 Å². The van der Waals surface area contributed by atoms with Crippen LogP contribution in [-0.4, -0.2) is 18.1 Å². The summed E-state index contributed by atoms with van der Waals surface area (Å²) in [7, 11) is 0. The second-order valence-electron chi connectivity index (χ2n) is 6.99. The fourth-order valence-electron chi connectivity index (χ4n) is 3.62. The summed E-state index contributed by atoms with van der Waals surface area (Å²) in [6.45, 7) is 1.73. The van der Waals surface area contributed by atoms with Gasteiger partial charge in [0.05, 0.1) is 11.6 Å². The van der Waals surface area contributed by atoms with Gasteiger partial charge < -0.3 is 15.4 Å². The van der Waals surface area contributed by atoms with Gasteiger partial charge in [-0.1, -0.05) is 43.0 Å². The third-order valence-corrected chi connectivity index (χ3v) is 5.27. The maximum absolute atomic E-state index is 12.9. The van der Waals surface area contributed by atoms with E-state index >= 15 is 0 Å². The van der Waals surface area contributed by atoms with Crippen LogP contribution in [0.2, 0.25) is 5.02 Å². The molecule has 1 aliphatic carbocycles. The topological polar surface area (TPSA) is 67.4 Å². The lowest BCUT2D eigenvalue weighted by Gasteiger charge is -2.29. The highest BCUT2D eigenvalue weighted by molar-refractivity contribution is 6.30. The number of ether oxygens (including phenoxy) is 1. The molecule has 0 spiro atoms. The van der Waals surface area contributed by atoms with E-state index in [9.17, 15) is 9.59 Å². The monoisotopic (exact) mass is 376 g/mol. The Hall–Kier alpha value is -2.01. The molecule has 0 bridgehead atoms. The van der Waals surface area contributed by atoms with E-state index in [4.69, 9.17) is 16.3 Å². The zero-order valence-corrected chi connectivity index (χ0v) is 15.8. The first-order valence-electron chi connectivity index (χ1n) is 9.29. The van der Waals surface area contributed by atoms with Crippen LogP contribution in [0.3, 0.4) is 0 Å². The molecular formula is C20H25ClN2O3. The number of carbonyl (C=O) groups excluding carboxylic acids is 2. The molecule has 1 aromatic rings. The minimum absolute atomic E-state index is 0.0494. The Morgan fingerprint density at radius 1 is 1.08 bits per heavy atom. The number of hydrogen-bond acceptors (Lipinski definition) is 3. The van der Waals surface area contributed by atoms with Gasteiger partial charge in [0.15, 0.2) is 0 Å². The average Bonchev–Trinajstić information content (AvgIpc) is 2.57. The summed E-state index contributed by atoms with van der Waals surface area (Å²) >= 11 is 5.96. The molecule has 0 aromatic heterocycles. The zero-order valence-electron chi connectivity index (χ0n) is 15.0. The number of hydrogen-bond donors (Lipinski definition) is 2. The van der Waals surface area contributed by atoms with Crippen molar-refractivity contribution in [3.05, 3.63) is 46.1 Å². The van der Waals surface area contributed by atoms with Crippen molar-refractivity contribution in [2.45, 2.75) is 64.0 Å². The fourth-order valence-corrected chi connectivity index (χ4v) is 3.75. The highest BCUT2D eigenvalue weighted by atomic mass is 35.5. The van der Waals surface area contributed by atoms with Gasteiger partial charge in [-0.2, -0.15) is 0 Å². The van der Waals surface area contributed by atoms with Gasteiger partial charge >= 0.3 is 12.0 Å². The van der Waals surface area contributed by atoms with Crippen LogP contribution in [-0.2, 0) is 9.53 Å². The molecule has 2 amide bonds. The largest absolute Gasteiger partial charge is 0.459 e. The smallest absolute Gasteiger partial charge is 0.338 e. The predicted molar refractivity (Wildman–Crippen MR) is 101 cm³/mol. The minimum atomic E-state index is -0.540. The Morgan fingerprint density at radius 3 is 2.35 bits per heavy atom. The van der Waals surface area contributed by atoms with Crippen molar-refractivity contribution >= 4 is 23.6 Å². The first-order chi connectivity index (χ1) is 12.5. The number of rotatable bonds is 3. The summed E-state index contributed by atoms with van der Waals surface area (Å²) in [6.07, 6.45) is 7.59. The number of amides is 2. The molecular weight excluding hydrogens is 352 g/mol. The van der Waals surface area contributed by atoms with Gasteiger partial charge in [0, 0.05) is 10.7 Å². The molecule has 0 unspecified atom stereocenters. The Labute approximate surface area is 159 Å². The highest BCUT2D eigenvalue weighted by Gasteiger charge is 2.33. The van der Waals surface area contributed by atoms with Gasteiger partial charge in [-0.15, -0.1) is 0 Å². The van der Waals surface area contributed by atoms with Crippen molar-refractivity contribution in [1.82, 2.24) is 10.6 Å². The second-order valence-corrected chi connectivity index (χ2v) is 7.43. The van der Waals surface area contributed by atoms with Crippen molar-refractivity contribution < 1.29 is 14.3 Å². The predicted octanol–water partition coefficient (Wildman–Crippen LogP) is 4.62. The van der Waals surface area contributed by atoms with Crippen molar-refractivity contribution in [3.63, 3.8) is 0 Å². The highest BCUT2D eigenvalue weighted by Crippen LogP contribution is 2.30. The second kappa shape index (κ2) is 8.58. The Bertz CT molecular complexity index is 692. The SMILES string of the molecule is CC1=C(C(=O)OC2CCCCCCC2)[C@H](c2ccc(Cl)cc2)NC(=O)N1. The van der Waals surface area contributed by atoms with Crippen LogP contribution in [0.4, 0.5) is 4.79 Å². The van der Waals surface area contributed by atoms with Gasteiger partial charge in [-0.3, -0.25) is 0 Å². The summed E-state index contributed by atoms with van der Waals surface area (Å²) in [5, 5.41) is 6.11. The number of halogens is 1. The molecule has 2 N–H and O–H groups in total. The van der Waals surface area contributed by atoms with E-state index in [0.717, 1.165) is 31.2 Å². The van der Waals surface area contributed by atoms with Crippen LogP contribution in [0.15, 0.2) is 35.5 Å². The summed E-state index contributed by atoms with van der Waals surface area (Å²) in [6, 6.07) is 6.26. The molecule has 1 fully saturated rings. The molecule has 3 rings (SSSR count). The minimum Gasteiger partial charge on any atom is -0.459 e. The number of benzene rings is 1. The fraction of sp³-hybridized carbons (Fsp3) is 0.500. The Kier molecular flexibility index (Phi) is 6.20. The lowest BCUT2D eigenvalue weighted by Crippen LogP contribution is -2.45. The molecule has 1 heterocycles. The van der Waals surface area contributed by atoms with Gasteiger partial charge in [0.25, 0.3) is 0 Å². The van der Waals surface area contributed by atoms with Crippen LogP contribution in [0.1, 0.15) is 63.5 Å². The van der Waals surface area contributed by atoms with E-state index in [1.807, 2.05) is 12.1 Å². The van der Waals surface area contributed by atoms with E-state index in [1.165, 1.54) is 19.3 Å². The quantitative estimate of drug-likeness (QED) is 0.756. The van der Waals surface area contributed by atoms with Gasteiger partial charge in [-0.05, 0) is 50.3 Å². The lowest BCUT2D eigenvalue weighted by molar-refractivity contribution is -0.145. The Morgan fingerprint density at radius 2 is 1.69 bits per heavy atom. The molecule has 1 aromatic carbocycles. The third kappa shape index (κ3) is 4.58. The molecule has 1 atom stereocenters. The van der Waals surface area contributed by atoms with Crippen LogP contribution in [0.25, 0.3) is 0 Å². The van der Waals surface area contributed by atoms with Gasteiger partial charge in [-0.25, -0.2) is 9.59 Å². The number of carbonyl (C=O) groups is 2. The van der Waals surface area contributed by atoms with Crippen LogP contribution in [0.5, 0.6) is 0 Å². The number of esters is 1. The molecule has 0 saturated heterocycles. The first kappa shape index (κ1) is 18.8. The summed E-state index contributed by atoms with van der Waals surface area (Å²) in [5.74, 6) is -0.361. The maximum atomic E-state index is 12.9. The van der Waals surface area contributed by atoms with E-state index in [2.05, 4.69) is 10.6 Å². The number of nitrogens with one attached hydrogen (secondary N) is 2. The van der Waals surface area contributed by atoms with E-state index in [1.54, 1.807) is 19.1 Å². The molecule has 5 nitrogen and oxygen atoms in total. The van der Waals surface area contributed by atoms with Gasteiger partial charge in [0.1, 0.15) is 6.10 Å². The Balaban J connectivity index is 1.81. The number of urea groups is 1. The molecule has 140 valence electrons. The van der Waals surface area contributed by atoms with E-state index in [0.29, 0.717) is 16.3 Å². The summed E-state index contributed by atoms with van der Waals surface area (Å²) < 4.78 is 5.83. The molecule has 1 aliphatic heterocycles. The summed E-state index contributed by atoms with van der Waals surface area (Å²) in [5.41, 5.74) is 1.78. The van der Waals surface area contributed by atoms with Crippen molar-refractivity contribution in [2.24, 2.45) is 0 Å². The van der Waals surface area contributed by atoms with E-state index in [-0.39, 0.29) is 18.1 Å². The van der Waals surface area contributed by atoms with Crippen LogP contribution in [0, 0.1) is 0 Å². The van der Waals surface area contributed by atoms with Crippen LogP contribution < -0.4 is 10.6 Å². The molecule has 26 heavy (non-hydrogen) atoms. The summed E-state index contributed by atoms with van der Waals surface area (Å²) in [4.78, 5) is 24.9. The first-order valence-corrected chi connectivity index (χ1v) is 9.67. The third-order valence-electron chi connectivity index (χ3n) is 5.02. The molecule has 0 radical (unpaired) electrons. The van der Waals surface area contributed by atoms with Crippen LogP contribution >= 0.6 is 11.6 Å². The standard InChI is InChI=1S/C20H25ClN2O3/c1-13-17(19(24)26-16-7-5-3-2-4-6-8-16)18(23-20(25)22-13)14-9-11-15(21)12-10-14/h9-12,16,18H,2-8H2,1H3,(H2,22,23,25)/t18-/m0/s1. The average molecular weight is 377 g/mol. The zero-order chi connectivity index (χ0) is 18.5. The maximum Gasteiger partial charge on any atom is 0.338 e. The number of allylic oxidation sites excluding steroid dienone is 1. The normalized spacial score (nSPS) is 22.1.